The molecule has 3 aromatic carbocycles. The Labute approximate surface area is 210 Å². The van der Waals surface area contributed by atoms with Crippen LogP contribution < -0.4 is 16.4 Å². The molecular weight excluding hydrogens is 463 g/mol. The quantitative estimate of drug-likeness (QED) is 0.407. The first-order valence-electron chi connectivity index (χ1n) is 12.2. The van der Waals surface area contributed by atoms with Crippen molar-refractivity contribution in [1.82, 2.24) is 5.32 Å². The van der Waals surface area contributed by atoms with Gasteiger partial charge in [0.05, 0.1) is 23.3 Å². The maximum Gasteiger partial charge on any atom is 0.418 e. The van der Waals surface area contributed by atoms with Gasteiger partial charge in [0.15, 0.2) is 0 Å². The van der Waals surface area contributed by atoms with Crippen LogP contribution in [0.1, 0.15) is 57.0 Å². The molecule has 1 aliphatic rings. The Balaban J connectivity index is 1.60. The number of fused-ring (bicyclic) bond motifs is 1. The Kier molecular flexibility index (Phi) is 7.41. The average Bonchev–Trinajstić information content (AvgIpc) is 2.81. The molecule has 0 fully saturated rings. The summed E-state index contributed by atoms with van der Waals surface area (Å²) < 4.78 is 42.0. The maximum absolute atomic E-state index is 14.0. The van der Waals surface area contributed by atoms with Crippen LogP contribution in [0.5, 0.6) is 0 Å². The molecule has 0 aliphatic carbocycles. The summed E-state index contributed by atoms with van der Waals surface area (Å²) >= 11 is 0. The van der Waals surface area contributed by atoms with Gasteiger partial charge in [0.25, 0.3) is 0 Å². The molecule has 2 atom stereocenters. The van der Waals surface area contributed by atoms with Crippen molar-refractivity contribution in [3.05, 3.63) is 99.1 Å². The van der Waals surface area contributed by atoms with E-state index in [2.05, 4.69) is 22.8 Å². The lowest BCUT2D eigenvalue weighted by Gasteiger charge is -2.31. The second kappa shape index (κ2) is 10.3. The molecule has 0 aromatic heterocycles. The van der Waals surface area contributed by atoms with Gasteiger partial charge in [-0.1, -0.05) is 54.1 Å². The van der Waals surface area contributed by atoms with Crippen LogP contribution in [-0.2, 0) is 23.8 Å². The van der Waals surface area contributed by atoms with Gasteiger partial charge in [-0.2, -0.15) is 13.2 Å². The number of alkyl halides is 3. The molecule has 1 aliphatic heterocycles. The zero-order chi connectivity index (χ0) is 26.0. The zero-order valence-corrected chi connectivity index (χ0v) is 20.8. The van der Waals surface area contributed by atoms with E-state index in [1.807, 2.05) is 51.1 Å². The first-order valence-corrected chi connectivity index (χ1v) is 12.2. The highest BCUT2D eigenvalue weighted by molar-refractivity contribution is 5.83. The predicted molar refractivity (Wildman–Crippen MR) is 137 cm³/mol. The molecule has 7 heteroatoms. The fraction of sp³-hybridized carbons (Fsp3) is 0.345. The molecule has 4 N–H and O–H groups in total. The number of benzene rings is 3. The zero-order valence-electron chi connectivity index (χ0n) is 20.8. The second-order valence-corrected chi connectivity index (χ2v) is 9.73. The normalized spacial score (nSPS) is 16.1. The molecule has 4 rings (SSSR count). The van der Waals surface area contributed by atoms with E-state index in [1.54, 1.807) is 6.07 Å². The van der Waals surface area contributed by atoms with Gasteiger partial charge >= 0.3 is 6.18 Å². The van der Waals surface area contributed by atoms with E-state index in [0.29, 0.717) is 36.9 Å². The van der Waals surface area contributed by atoms with Gasteiger partial charge in [-0.15, -0.1) is 0 Å². The number of hydrogen-bond donors (Lipinski definition) is 3. The SMILES string of the molecule is Cc1cc(C)c(C[C@H](N)C(=O)N[C@@H]2CCNc3c2cc(Cc2ccccc2)cc3C(F)(F)F)c(C)c1. The maximum atomic E-state index is 14.0. The Morgan fingerprint density at radius 2 is 1.72 bits per heavy atom. The molecule has 0 bridgehead atoms. The molecule has 4 nitrogen and oxygen atoms in total. The Morgan fingerprint density at radius 3 is 2.36 bits per heavy atom. The highest BCUT2D eigenvalue weighted by Gasteiger charge is 2.37. The first kappa shape index (κ1) is 25.8. The van der Waals surface area contributed by atoms with E-state index >= 15 is 0 Å². The first-order chi connectivity index (χ1) is 17.0. The molecule has 1 amide bonds. The average molecular weight is 496 g/mol. The van der Waals surface area contributed by atoms with Crippen molar-refractivity contribution in [3.8, 4) is 0 Å². The fourth-order valence-corrected chi connectivity index (χ4v) is 5.13. The number of rotatable bonds is 6. The highest BCUT2D eigenvalue weighted by atomic mass is 19.4. The molecule has 3 aromatic rings. The largest absolute Gasteiger partial charge is 0.418 e. The summed E-state index contributed by atoms with van der Waals surface area (Å²) in [4.78, 5) is 13.1. The van der Waals surface area contributed by atoms with E-state index in [4.69, 9.17) is 5.73 Å². The lowest BCUT2D eigenvalue weighted by Crippen LogP contribution is -2.45. The van der Waals surface area contributed by atoms with Crippen LogP contribution in [0.3, 0.4) is 0 Å². The van der Waals surface area contributed by atoms with Gasteiger partial charge in [-0.25, -0.2) is 0 Å². The highest BCUT2D eigenvalue weighted by Crippen LogP contribution is 2.42. The van der Waals surface area contributed by atoms with Crippen LogP contribution in [-0.4, -0.2) is 18.5 Å². The summed E-state index contributed by atoms with van der Waals surface area (Å²) in [5, 5.41) is 5.86. The van der Waals surface area contributed by atoms with Crippen molar-refractivity contribution >= 4 is 11.6 Å². The Bertz CT molecular complexity index is 1230. The molecule has 0 saturated heterocycles. The van der Waals surface area contributed by atoms with Gasteiger partial charge in [0, 0.05) is 6.54 Å². The molecule has 190 valence electrons. The molecule has 0 unspecified atom stereocenters. The summed E-state index contributed by atoms with van der Waals surface area (Å²) in [5.41, 5.74) is 11.8. The van der Waals surface area contributed by atoms with Crippen LogP contribution in [0, 0.1) is 20.8 Å². The second-order valence-electron chi connectivity index (χ2n) is 9.73. The summed E-state index contributed by atoms with van der Waals surface area (Å²) in [6.45, 7) is 6.34. The summed E-state index contributed by atoms with van der Waals surface area (Å²) in [7, 11) is 0. The van der Waals surface area contributed by atoms with Crippen molar-refractivity contribution in [3.63, 3.8) is 0 Å². The van der Waals surface area contributed by atoms with E-state index in [9.17, 15) is 18.0 Å². The fourth-order valence-electron chi connectivity index (χ4n) is 5.13. The number of amides is 1. The summed E-state index contributed by atoms with van der Waals surface area (Å²) in [5.74, 6) is -0.366. The summed E-state index contributed by atoms with van der Waals surface area (Å²) in [6.07, 6.45) is -3.32. The van der Waals surface area contributed by atoms with Gasteiger partial charge in [-0.05, 0) is 79.5 Å². The minimum absolute atomic E-state index is 0.0367. The third-order valence-corrected chi connectivity index (χ3v) is 6.81. The van der Waals surface area contributed by atoms with Crippen LogP contribution in [0.4, 0.5) is 18.9 Å². The standard InChI is InChI=1S/C29H32F3N3O/c1-17-11-18(2)22(19(3)12-17)16-25(33)28(36)35-26-9-10-34-27-23(26)14-21(15-24(27)29(30,31)32)13-20-7-5-4-6-8-20/h4-8,11-12,14-15,25-26,34H,9-10,13,16,33H2,1-3H3,(H,35,36)/t25-,26+/m0/s1. The van der Waals surface area contributed by atoms with Crippen molar-refractivity contribution in [2.24, 2.45) is 5.73 Å². The third-order valence-electron chi connectivity index (χ3n) is 6.81. The Morgan fingerprint density at radius 1 is 1.06 bits per heavy atom. The van der Waals surface area contributed by atoms with Crippen molar-refractivity contribution in [2.75, 3.05) is 11.9 Å². The van der Waals surface area contributed by atoms with Crippen molar-refractivity contribution in [2.45, 2.75) is 58.3 Å². The number of hydrogen-bond acceptors (Lipinski definition) is 3. The minimum Gasteiger partial charge on any atom is -0.384 e. The molecule has 36 heavy (non-hydrogen) atoms. The molecule has 1 heterocycles. The van der Waals surface area contributed by atoms with Crippen molar-refractivity contribution in [1.29, 1.82) is 0 Å². The molecule has 0 spiro atoms. The van der Waals surface area contributed by atoms with Gasteiger partial charge in [0.2, 0.25) is 5.91 Å². The number of halogens is 3. The molecular formula is C29H32F3N3O. The smallest absolute Gasteiger partial charge is 0.384 e. The van der Waals surface area contributed by atoms with E-state index < -0.39 is 23.8 Å². The third kappa shape index (κ3) is 5.73. The van der Waals surface area contributed by atoms with E-state index in [0.717, 1.165) is 27.8 Å². The van der Waals surface area contributed by atoms with E-state index in [-0.39, 0.29) is 11.6 Å². The van der Waals surface area contributed by atoms with E-state index in [1.165, 1.54) is 6.07 Å². The van der Waals surface area contributed by atoms with Crippen LogP contribution in [0.15, 0.2) is 54.6 Å². The summed E-state index contributed by atoms with van der Waals surface area (Å²) in [6, 6.07) is 15.1. The molecule has 0 radical (unpaired) electrons. The van der Waals surface area contributed by atoms with Crippen LogP contribution >= 0.6 is 0 Å². The van der Waals surface area contributed by atoms with Gasteiger partial charge < -0.3 is 16.4 Å². The minimum atomic E-state index is -4.52. The molecule has 0 saturated carbocycles. The number of nitrogens with one attached hydrogen (secondary N) is 2. The lowest BCUT2D eigenvalue weighted by molar-refractivity contribution is -0.137. The number of carbonyl (C=O) groups is 1. The van der Waals surface area contributed by atoms with Crippen molar-refractivity contribution < 1.29 is 18.0 Å². The predicted octanol–water partition coefficient (Wildman–Crippen LogP) is 5.76. The number of nitrogens with two attached hydrogens (primary N) is 1. The van der Waals surface area contributed by atoms with Crippen LogP contribution in [0.2, 0.25) is 0 Å². The number of anilines is 1. The van der Waals surface area contributed by atoms with Crippen LogP contribution in [0.25, 0.3) is 0 Å². The lowest BCUT2D eigenvalue weighted by atomic mass is 9.90. The number of aryl methyl sites for hydroxylation is 3. The number of carbonyl (C=O) groups excluding carboxylic acids is 1. The van der Waals surface area contributed by atoms with Gasteiger partial charge in [-0.3, -0.25) is 4.79 Å². The van der Waals surface area contributed by atoms with Gasteiger partial charge in [0.1, 0.15) is 0 Å². The Hall–Kier alpha value is -3.32. The monoisotopic (exact) mass is 495 g/mol. The topological polar surface area (TPSA) is 67.2 Å².